The maximum absolute atomic E-state index is 11.8. The number of hydrogen-bond acceptors (Lipinski definition) is 4. The van der Waals surface area contributed by atoms with Gasteiger partial charge in [-0.2, -0.15) is 18.3 Å². The highest BCUT2D eigenvalue weighted by Gasteiger charge is 2.27. The molecule has 2 rings (SSSR count). The Labute approximate surface area is 102 Å². The first-order valence-electron chi connectivity index (χ1n) is 5.79. The fourth-order valence-electron chi connectivity index (χ4n) is 1.47. The fraction of sp³-hybridized carbons (Fsp3) is 0.800. The molecule has 0 unspecified atom stereocenters. The molecular formula is C10H15F3N4O. The predicted molar refractivity (Wildman–Crippen MR) is 56.8 cm³/mol. The maximum atomic E-state index is 11.8. The summed E-state index contributed by atoms with van der Waals surface area (Å²) in [5.74, 6) is 0.720. The smallest absolute Gasteiger partial charge is 0.370 e. The molecule has 1 saturated carbocycles. The predicted octanol–water partition coefficient (Wildman–Crippen LogP) is 1.11. The molecule has 102 valence electrons. The molecule has 18 heavy (non-hydrogen) atoms. The van der Waals surface area contributed by atoms with Crippen molar-refractivity contribution < 1.29 is 17.9 Å². The van der Waals surface area contributed by atoms with Crippen molar-refractivity contribution in [3.8, 4) is 0 Å². The van der Waals surface area contributed by atoms with Crippen molar-refractivity contribution in [2.24, 2.45) is 0 Å². The van der Waals surface area contributed by atoms with Crippen molar-refractivity contribution in [3.05, 3.63) is 12.2 Å². The second kappa shape index (κ2) is 5.66. The van der Waals surface area contributed by atoms with Crippen molar-refractivity contribution in [2.45, 2.75) is 38.1 Å². The molecule has 1 fully saturated rings. The van der Waals surface area contributed by atoms with Gasteiger partial charge in [0.15, 0.2) is 0 Å². The summed E-state index contributed by atoms with van der Waals surface area (Å²) in [5, 5.41) is 7.22. The highest BCUT2D eigenvalue weighted by Crippen LogP contribution is 2.19. The van der Waals surface area contributed by atoms with Gasteiger partial charge in [-0.3, -0.25) is 0 Å². The van der Waals surface area contributed by atoms with Crippen LogP contribution in [-0.2, 0) is 17.8 Å². The van der Waals surface area contributed by atoms with Gasteiger partial charge in [0.2, 0.25) is 0 Å². The molecule has 0 atom stereocenters. The minimum atomic E-state index is -4.28. The van der Waals surface area contributed by atoms with Crippen LogP contribution in [0, 0.1) is 0 Å². The van der Waals surface area contributed by atoms with Crippen molar-refractivity contribution in [1.82, 2.24) is 20.1 Å². The van der Waals surface area contributed by atoms with E-state index in [0.29, 0.717) is 12.6 Å². The minimum Gasteiger partial charge on any atom is -0.370 e. The highest BCUT2D eigenvalue weighted by molar-refractivity contribution is 4.88. The molecule has 0 radical (unpaired) electrons. The first-order chi connectivity index (χ1) is 8.54. The molecule has 5 nitrogen and oxygen atoms in total. The average Bonchev–Trinajstić information content (AvgIpc) is 3.01. The van der Waals surface area contributed by atoms with Crippen molar-refractivity contribution in [2.75, 3.05) is 13.2 Å². The monoisotopic (exact) mass is 264 g/mol. The van der Waals surface area contributed by atoms with Crippen LogP contribution >= 0.6 is 0 Å². The van der Waals surface area contributed by atoms with E-state index in [2.05, 4.69) is 20.1 Å². The number of alkyl halides is 3. The van der Waals surface area contributed by atoms with Gasteiger partial charge in [-0.05, 0) is 12.8 Å². The molecular weight excluding hydrogens is 249 g/mol. The van der Waals surface area contributed by atoms with Gasteiger partial charge in [-0.1, -0.05) is 0 Å². The van der Waals surface area contributed by atoms with Gasteiger partial charge in [0.05, 0.1) is 19.7 Å². The largest absolute Gasteiger partial charge is 0.411 e. The van der Waals surface area contributed by atoms with Crippen molar-refractivity contribution in [3.63, 3.8) is 0 Å². The zero-order chi connectivity index (χ0) is 13.0. The van der Waals surface area contributed by atoms with Crippen LogP contribution in [0.15, 0.2) is 6.33 Å². The Morgan fingerprint density at radius 1 is 1.44 bits per heavy atom. The zero-order valence-corrected chi connectivity index (χ0v) is 9.78. The van der Waals surface area contributed by atoms with Crippen LogP contribution in [0.2, 0.25) is 0 Å². The molecule has 1 aliphatic rings. The Balaban J connectivity index is 1.69. The van der Waals surface area contributed by atoms with Gasteiger partial charge in [0, 0.05) is 6.04 Å². The highest BCUT2D eigenvalue weighted by atomic mass is 19.4. The number of halogens is 3. The van der Waals surface area contributed by atoms with Gasteiger partial charge < -0.3 is 10.1 Å². The lowest BCUT2D eigenvalue weighted by Crippen LogP contribution is -2.22. The summed E-state index contributed by atoms with van der Waals surface area (Å²) in [6.07, 6.45) is -0.544. The van der Waals surface area contributed by atoms with Crippen molar-refractivity contribution >= 4 is 0 Å². The molecule has 0 amide bonds. The topological polar surface area (TPSA) is 52.0 Å². The minimum absolute atomic E-state index is 0.0285. The Bertz CT molecular complexity index is 375. The second-order valence-corrected chi connectivity index (χ2v) is 4.22. The third-order valence-electron chi connectivity index (χ3n) is 2.54. The molecule has 1 aliphatic carbocycles. The number of hydrogen-bond donors (Lipinski definition) is 1. The average molecular weight is 264 g/mol. The number of nitrogens with zero attached hydrogens (tertiary/aromatic N) is 3. The van der Waals surface area contributed by atoms with Gasteiger partial charge >= 0.3 is 6.18 Å². The van der Waals surface area contributed by atoms with E-state index >= 15 is 0 Å². The van der Waals surface area contributed by atoms with E-state index in [1.807, 2.05) is 0 Å². The molecule has 0 bridgehead atoms. The Hall–Kier alpha value is -1.15. The van der Waals surface area contributed by atoms with Crippen LogP contribution in [0.3, 0.4) is 0 Å². The van der Waals surface area contributed by atoms with Gasteiger partial charge in [0.25, 0.3) is 0 Å². The number of rotatable bonds is 7. The summed E-state index contributed by atoms with van der Waals surface area (Å²) in [5.41, 5.74) is 0. The third-order valence-corrected chi connectivity index (χ3v) is 2.54. The van der Waals surface area contributed by atoms with E-state index < -0.39 is 12.8 Å². The van der Waals surface area contributed by atoms with Crippen LogP contribution in [0.4, 0.5) is 13.2 Å². The van der Waals surface area contributed by atoms with E-state index in [1.165, 1.54) is 19.2 Å². The summed E-state index contributed by atoms with van der Waals surface area (Å²) in [6.45, 7) is -0.391. The molecule has 1 heterocycles. The molecule has 1 aromatic rings. The second-order valence-electron chi connectivity index (χ2n) is 4.22. The van der Waals surface area contributed by atoms with E-state index in [9.17, 15) is 13.2 Å². The van der Waals surface area contributed by atoms with Crippen LogP contribution in [0.1, 0.15) is 18.7 Å². The normalized spacial score (nSPS) is 16.2. The molecule has 0 spiro atoms. The number of aromatic nitrogens is 3. The van der Waals surface area contributed by atoms with Gasteiger partial charge in [-0.25, -0.2) is 9.67 Å². The molecule has 0 aliphatic heterocycles. The summed E-state index contributed by atoms with van der Waals surface area (Å²) >= 11 is 0. The molecule has 0 saturated heterocycles. The third kappa shape index (κ3) is 4.61. The molecule has 1 N–H and O–H groups in total. The fourth-order valence-corrected chi connectivity index (χ4v) is 1.47. The van der Waals surface area contributed by atoms with E-state index in [4.69, 9.17) is 0 Å². The van der Waals surface area contributed by atoms with Crippen LogP contribution in [-0.4, -0.2) is 40.2 Å². The van der Waals surface area contributed by atoms with Crippen LogP contribution in [0.25, 0.3) is 0 Å². The van der Waals surface area contributed by atoms with Gasteiger partial charge in [-0.15, -0.1) is 0 Å². The van der Waals surface area contributed by atoms with E-state index in [-0.39, 0.29) is 13.2 Å². The molecule has 8 heteroatoms. The summed E-state index contributed by atoms with van der Waals surface area (Å²) < 4.78 is 41.6. The first-order valence-corrected chi connectivity index (χ1v) is 5.79. The SMILES string of the molecule is FC(F)(F)COCCn1ncnc1CNC1CC1. The summed E-state index contributed by atoms with van der Waals surface area (Å²) in [4.78, 5) is 4.05. The Morgan fingerprint density at radius 2 is 2.22 bits per heavy atom. The first kappa shape index (κ1) is 13.3. The number of nitrogens with one attached hydrogen (secondary N) is 1. The molecule has 1 aromatic heterocycles. The zero-order valence-electron chi connectivity index (χ0n) is 9.78. The summed E-state index contributed by atoms with van der Waals surface area (Å²) in [7, 11) is 0. The van der Waals surface area contributed by atoms with Gasteiger partial charge in [0.1, 0.15) is 18.8 Å². The van der Waals surface area contributed by atoms with E-state index in [0.717, 1.165) is 5.82 Å². The summed E-state index contributed by atoms with van der Waals surface area (Å²) in [6, 6.07) is 0.552. The van der Waals surface area contributed by atoms with Crippen LogP contribution in [0.5, 0.6) is 0 Å². The Kier molecular flexibility index (Phi) is 4.18. The standard InChI is InChI=1S/C10H15F3N4O/c11-10(12,13)6-18-4-3-17-9(15-7-16-17)5-14-8-1-2-8/h7-8,14H,1-6H2. The maximum Gasteiger partial charge on any atom is 0.411 e. The molecule has 0 aromatic carbocycles. The Morgan fingerprint density at radius 3 is 2.89 bits per heavy atom. The quantitative estimate of drug-likeness (QED) is 0.749. The van der Waals surface area contributed by atoms with E-state index in [1.54, 1.807) is 4.68 Å². The lowest BCUT2D eigenvalue weighted by molar-refractivity contribution is -0.174. The lowest BCUT2D eigenvalue weighted by Gasteiger charge is -2.09. The van der Waals surface area contributed by atoms with Crippen LogP contribution < -0.4 is 5.32 Å². The van der Waals surface area contributed by atoms with Crippen molar-refractivity contribution in [1.29, 1.82) is 0 Å². The lowest BCUT2D eigenvalue weighted by atomic mass is 10.5. The number of ether oxygens (including phenoxy) is 1.